The number of rotatable bonds is 4. The lowest BCUT2D eigenvalue weighted by atomic mass is 9.87. The van der Waals surface area contributed by atoms with Gasteiger partial charge in [-0.3, -0.25) is 0 Å². The number of hydrogen-bond acceptors (Lipinski definition) is 2. The highest BCUT2D eigenvalue weighted by atomic mass is 19.2. The third-order valence-corrected chi connectivity index (χ3v) is 5.60. The van der Waals surface area contributed by atoms with Gasteiger partial charge in [0.2, 0.25) is 0 Å². The molecular weight excluding hydrogens is 366 g/mol. The van der Waals surface area contributed by atoms with Gasteiger partial charge < -0.3 is 0 Å². The number of nitrogens with one attached hydrogen (secondary N) is 2. The molecule has 0 heterocycles. The topological polar surface area (TPSA) is 24.1 Å². The Labute approximate surface area is 167 Å². The lowest BCUT2D eigenvalue weighted by Crippen LogP contribution is -1.97. The molecule has 0 radical (unpaired) electrons. The van der Waals surface area contributed by atoms with Crippen molar-refractivity contribution >= 4 is 11.4 Å². The quantitative estimate of drug-likeness (QED) is 0.321. The van der Waals surface area contributed by atoms with E-state index >= 15 is 0 Å². The van der Waals surface area contributed by atoms with Crippen LogP contribution in [0.25, 0.3) is 33.4 Å². The van der Waals surface area contributed by atoms with Crippen molar-refractivity contribution in [3.05, 3.63) is 96.1 Å². The summed E-state index contributed by atoms with van der Waals surface area (Å²) >= 11 is 0. The second kappa shape index (κ2) is 7.06. The van der Waals surface area contributed by atoms with E-state index in [1.165, 1.54) is 11.1 Å². The van der Waals surface area contributed by atoms with Gasteiger partial charge in [-0.1, -0.05) is 72.8 Å². The smallest absolute Gasteiger partial charge is 0.0734 e. The summed E-state index contributed by atoms with van der Waals surface area (Å²) in [5.74, 6) is 0. The van der Waals surface area contributed by atoms with Crippen LogP contribution in [0.4, 0.5) is 20.3 Å². The van der Waals surface area contributed by atoms with E-state index in [2.05, 4.69) is 18.2 Å². The van der Waals surface area contributed by atoms with Crippen LogP contribution >= 0.6 is 0 Å². The molecule has 0 spiro atoms. The third kappa shape index (κ3) is 2.76. The lowest BCUT2D eigenvalue weighted by Gasteiger charge is -2.19. The normalized spacial score (nSPS) is 11.7. The van der Waals surface area contributed by atoms with Crippen LogP contribution in [0.5, 0.6) is 0 Å². The highest BCUT2D eigenvalue weighted by Crippen LogP contribution is 2.48. The average Bonchev–Trinajstić information content (AvgIpc) is 3.17. The summed E-state index contributed by atoms with van der Waals surface area (Å²) in [6.07, 6.45) is 0.751. The van der Waals surface area contributed by atoms with E-state index in [0.717, 1.165) is 39.8 Å². The van der Waals surface area contributed by atoms with Crippen LogP contribution in [-0.2, 0) is 6.42 Å². The van der Waals surface area contributed by atoms with Gasteiger partial charge in [0, 0.05) is 11.1 Å². The number of halogens is 2. The van der Waals surface area contributed by atoms with Crippen molar-refractivity contribution in [3.8, 4) is 33.4 Å². The van der Waals surface area contributed by atoms with Crippen molar-refractivity contribution in [1.29, 1.82) is 0 Å². The molecule has 0 aliphatic heterocycles. The second-order valence-corrected chi connectivity index (χ2v) is 7.13. The predicted octanol–water partition coefficient (Wildman–Crippen LogP) is 7.18. The molecule has 142 valence electrons. The minimum absolute atomic E-state index is 0.384. The van der Waals surface area contributed by atoms with E-state index in [-0.39, 0.29) is 0 Å². The minimum Gasteiger partial charge on any atom is -0.224 e. The Balaban J connectivity index is 1.85. The maximum Gasteiger partial charge on any atom is 0.0734 e. The molecule has 0 aromatic heterocycles. The number of para-hydroxylation sites is 2. The highest BCUT2D eigenvalue weighted by molar-refractivity contribution is 5.98. The van der Waals surface area contributed by atoms with Crippen molar-refractivity contribution in [2.45, 2.75) is 6.42 Å². The number of anilines is 2. The summed E-state index contributed by atoms with van der Waals surface area (Å²) in [6, 6.07) is 26.9. The summed E-state index contributed by atoms with van der Waals surface area (Å²) in [5.41, 5.74) is 12.4. The summed E-state index contributed by atoms with van der Waals surface area (Å²) in [7, 11) is 0. The third-order valence-electron chi connectivity index (χ3n) is 5.60. The zero-order valence-electron chi connectivity index (χ0n) is 15.5. The van der Waals surface area contributed by atoms with Crippen LogP contribution in [0.1, 0.15) is 11.1 Å². The molecule has 4 aromatic carbocycles. The molecule has 2 nitrogen and oxygen atoms in total. The molecule has 0 saturated carbocycles. The molecule has 2 N–H and O–H groups in total. The maximum absolute atomic E-state index is 13.6. The molecule has 0 saturated heterocycles. The van der Waals surface area contributed by atoms with Crippen LogP contribution < -0.4 is 11.1 Å². The van der Waals surface area contributed by atoms with Crippen LogP contribution in [0.2, 0.25) is 0 Å². The second-order valence-electron chi connectivity index (χ2n) is 7.13. The monoisotopic (exact) mass is 384 g/mol. The van der Waals surface area contributed by atoms with Crippen molar-refractivity contribution in [3.63, 3.8) is 0 Å². The van der Waals surface area contributed by atoms with Gasteiger partial charge in [0.1, 0.15) is 0 Å². The minimum atomic E-state index is 0.384. The highest BCUT2D eigenvalue weighted by Gasteiger charge is 2.25. The van der Waals surface area contributed by atoms with Crippen LogP contribution in [-0.4, -0.2) is 0 Å². The van der Waals surface area contributed by atoms with E-state index in [4.69, 9.17) is 0 Å². The SMILES string of the molecule is FNc1ccccc1-c1ccc2c(c1-c1ccccc1NF)Cc1ccccc1-2. The molecule has 0 unspecified atom stereocenters. The van der Waals surface area contributed by atoms with Crippen LogP contribution in [0, 0.1) is 0 Å². The fourth-order valence-electron chi connectivity index (χ4n) is 4.33. The first kappa shape index (κ1) is 17.4. The van der Waals surface area contributed by atoms with Gasteiger partial charge in [0.15, 0.2) is 0 Å². The molecule has 4 heteroatoms. The maximum atomic E-state index is 13.6. The molecular formula is C25H18F2N2. The summed E-state index contributed by atoms with van der Waals surface area (Å²) in [6.45, 7) is 0. The first-order valence-electron chi connectivity index (χ1n) is 9.48. The zero-order valence-corrected chi connectivity index (χ0v) is 15.5. The molecule has 0 bridgehead atoms. The summed E-state index contributed by atoms with van der Waals surface area (Å²) in [4.78, 5) is 0. The Morgan fingerprint density at radius 2 is 1.07 bits per heavy atom. The Morgan fingerprint density at radius 3 is 1.79 bits per heavy atom. The fraction of sp³-hybridized carbons (Fsp3) is 0.0400. The van der Waals surface area contributed by atoms with Gasteiger partial charge in [-0.2, -0.15) is 0 Å². The van der Waals surface area contributed by atoms with E-state index < -0.39 is 0 Å². The number of benzene rings is 4. The first-order valence-corrected chi connectivity index (χ1v) is 9.48. The van der Waals surface area contributed by atoms with Crippen LogP contribution in [0.15, 0.2) is 84.9 Å². The van der Waals surface area contributed by atoms with Crippen molar-refractivity contribution in [1.82, 2.24) is 0 Å². The van der Waals surface area contributed by atoms with Crippen molar-refractivity contribution in [2.75, 3.05) is 11.1 Å². The molecule has 0 fully saturated rings. The molecule has 1 aliphatic carbocycles. The Hall–Kier alpha value is -3.66. The molecule has 4 aromatic rings. The first-order chi connectivity index (χ1) is 14.3. The van der Waals surface area contributed by atoms with Gasteiger partial charge in [0.25, 0.3) is 0 Å². The number of fused-ring (bicyclic) bond motifs is 3. The predicted molar refractivity (Wildman–Crippen MR) is 115 cm³/mol. The van der Waals surface area contributed by atoms with Gasteiger partial charge >= 0.3 is 0 Å². The lowest BCUT2D eigenvalue weighted by molar-refractivity contribution is 0.617. The molecule has 0 amide bonds. The van der Waals surface area contributed by atoms with E-state index in [0.29, 0.717) is 11.4 Å². The van der Waals surface area contributed by atoms with Gasteiger partial charge in [-0.05, 0) is 51.9 Å². The standard InChI is InChI=1S/C25H18F2N2/c26-28-23-11-5-3-9-19(23)20-14-13-18-17-8-2-1-7-16(17)15-22(18)25(20)21-10-4-6-12-24(21)29-27/h1-14,28-29H,15H2. The van der Waals surface area contributed by atoms with Crippen molar-refractivity contribution in [2.24, 2.45) is 0 Å². The molecule has 1 aliphatic rings. The van der Waals surface area contributed by atoms with E-state index in [9.17, 15) is 8.96 Å². The van der Waals surface area contributed by atoms with Gasteiger partial charge in [0.05, 0.1) is 11.4 Å². The average molecular weight is 384 g/mol. The largest absolute Gasteiger partial charge is 0.224 e. The van der Waals surface area contributed by atoms with Gasteiger partial charge in [-0.15, -0.1) is 8.96 Å². The van der Waals surface area contributed by atoms with Crippen LogP contribution in [0.3, 0.4) is 0 Å². The summed E-state index contributed by atoms with van der Waals surface area (Å²) in [5, 5.41) is 0. The Morgan fingerprint density at radius 1 is 0.517 bits per heavy atom. The Kier molecular flexibility index (Phi) is 4.24. The summed E-state index contributed by atoms with van der Waals surface area (Å²) < 4.78 is 27.2. The number of hydrogen-bond donors (Lipinski definition) is 2. The van der Waals surface area contributed by atoms with Crippen molar-refractivity contribution < 1.29 is 8.96 Å². The Bertz CT molecular complexity index is 1220. The molecule has 29 heavy (non-hydrogen) atoms. The van der Waals surface area contributed by atoms with Gasteiger partial charge in [-0.25, -0.2) is 11.1 Å². The van der Waals surface area contributed by atoms with E-state index in [1.54, 1.807) is 29.8 Å². The van der Waals surface area contributed by atoms with E-state index in [1.807, 2.05) is 48.0 Å². The fourth-order valence-corrected chi connectivity index (χ4v) is 4.33. The molecule has 0 atom stereocenters. The zero-order chi connectivity index (χ0) is 19.8. The molecule has 5 rings (SSSR count).